The fourth-order valence-electron chi connectivity index (χ4n) is 4.96. The van der Waals surface area contributed by atoms with E-state index >= 15 is 0 Å². The van der Waals surface area contributed by atoms with Gasteiger partial charge in [0, 0.05) is 18.6 Å². The molecule has 2 aliphatic heterocycles. The van der Waals surface area contributed by atoms with Crippen LogP contribution in [-0.2, 0) is 9.47 Å². The molecule has 3 fully saturated rings. The highest BCUT2D eigenvalue weighted by Crippen LogP contribution is 2.69. The predicted octanol–water partition coefficient (Wildman–Crippen LogP) is 3.10. The van der Waals surface area contributed by atoms with Crippen LogP contribution in [0, 0.1) is 66.3 Å². The van der Waals surface area contributed by atoms with Gasteiger partial charge in [-0.2, -0.15) is 15.8 Å². The monoisotopic (exact) mass is 377 g/mol. The summed E-state index contributed by atoms with van der Waals surface area (Å²) < 4.78 is 12.0. The van der Waals surface area contributed by atoms with Crippen molar-refractivity contribution in [2.75, 3.05) is 0 Å². The normalized spacial score (nSPS) is 34.8. The van der Waals surface area contributed by atoms with E-state index in [9.17, 15) is 25.9 Å². The van der Waals surface area contributed by atoms with Gasteiger partial charge in [-0.3, -0.25) is 15.5 Å². The van der Waals surface area contributed by atoms with Crippen molar-refractivity contribution < 1.29 is 14.4 Å². The molecule has 1 N–H and O–H groups in total. The number of non-ortho nitro benzene ring substituents is 1. The van der Waals surface area contributed by atoms with Crippen molar-refractivity contribution in [3.63, 3.8) is 0 Å². The molecule has 1 aliphatic carbocycles. The van der Waals surface area contributed by atoms with Crippen LogP contribution in [0.3, 0.4) is 0 Å². The molecule has 0 aromatic heterocycles. The van der Waals surface area contributed by atoms with Crippen LogP contribution in [0.15, 0.2) is 24.3 Å². The molecule has 28 heavy (non-hydrogen) atoms. The van der Waals surface area contributed by atoms with Crippen LogP contribution in [0.4, 0.5) is 5.69 Å². The highest BCUT2D eigenvalue weighted by Gasteiger charge is 2.80. The van der Waals surface area contributed by atoms with Crippen molar-refractivity contribution in [2.24, 2.45) is 16.7 Å². The van der Waals surface area contributed by atoms with Gasteiger partial charge in [-0.05, 0) is 18.4 Å². The topological polar surface area (TPSA) is 157 Å². The lowest BCUT2D eigenvalue weighted by atomic mass is 9.51. The second-order valence-electron chi connectivity index (χ2n) is 7.34. The van der Waals surface area contributed by atoms with Gasteiger partial charge in [0.15, 0.2) is 5.41 Å². The first kappa shape index (κ1) is 17.9. The number of nitro benzene ring substituents is 1. The number of nitriles is 3. The lowest BCUT2D eigenvalue weighted by Gasteiger charge is -2.51. The Morgan fingerprint density at radius 2 is 1.96 bits per heavy atom. The number of benzene rings is 1. The summed E-state index contributed by atoms with van der Waals surface area (Å²) in [5.74, 6) is -2.34. The van der Waals surface area contributed by atoms with Crippen molar-refractivity contribution in [1.29, 1.82) is 21.2 Å². The third kappa shape index (κ3) is 1.88. The minimum atomic E-state index is -2.07. The summed E-state index contributed by atoms with van der Waals surface area (Å²) in [5, 5.41) is 49.9. The van der Waals surface area contributed by atoms with Crippen LogP contribution >= 0.6 is 0 Å². The lowest BCUT2D eigenvalue weighted by molar-refractivity contribution is -0.385. The fourth-order valence-corrected chi connectivity index (χ4v) is 4.96. The zero-order valence-corrected chi connectivity index (χ0v) is 14.7. The second-order valence-corrected chi connectivity index (χ2v) is 7.34. The standard InChI is InChI=1S/C19H15N5O4/c20-9-17(10-21)15(12-4-3-5-13(8-12)24(25)26)27-19-7-2-1-6-14(19)18(17,11-22)16(23)28-19/h3-5,8,14-15,23H,1-2,6-7H2/t14-,15-,18-,19+/m0/s1. The molecule has 2 bridgehead atoms. The van der Waals surface area contributed by atoms with E-state index in [4.69, 9.17) is 14.9 Å². The Morgan fingerprint density at radius 3 is 2.61 bits per heavy atom. The van der Waals surface area contributed by atoms with Crippen LogP contribution in [0.5, 0.6) is 0 Å². The molecule has 4 atom stereocenters. The molecule has 1 aromatic rings. The van der Waals surface area contributed by atoms with E-state index in [0.29, 0.717) is 12.8 Å². The van der Waals surface area contributed by atoms with Crippen molar-refractivity contribution in [2.45, 2.75) is 37.6 Å². The Balaban J connectivity index is 1.99. The maximum absolute atomic E-state index is 11.2. The Bertz CT molecular complexity index is 1000. The molecule has 9 nitrogen and oxygen atoms in total. The molecular formula is C19H15N5O4. The Labute approximate surface area is 160 Å². The summed E-state index contributed by atoms with van der Waals surface area (Å²) in [5.41, 5.74) is -3.86. The van der Waals surface area contributed by atoms with E-state index < -0.39 is 39.5 Å². The summed E-state index contributed by atoms with van der Waals surface area (Å²) >= 11 is 0. The van der Waals surface area contributed by atoms with Gasteiger partial charge in [-0.25, -0.2) is 0 Å². The van der Waals surface area contributed by atoms with Crippen molar-refractivity contribution >= 4 is 11.6 Å². The van der Waals surface area contributed by atoms with Gasteiger partial charge >= 0.3 is 0 Å². The number of nitrogens with zero attached hydrogens (tertiary/aromatic N) is 4. The fraction of sp³-hybridized carbons (Fsp3) is 0.474. The molecule has 0 unspecified atom stereocenters. The first-order chi connectivity index (χ1) is 13.4. The van der Waals surface area contributed by atoms with Crippen molar-refractivity contribution in [3.8, 4) is 18.2 Å². The number of nitro groups is 1. The zero-order chi connectivity index (χ0) is 20.2. The van der Waals surface area contributed by atoms with Gasteiger partial charge in [0.25, 0.3) is 5.69 Å². The highest BCUT2D eigenvalue weighted by molar-refractivity contribution is 5.89. The molecule has 1 aromatic carbocycles. The van der Waals surface area contributed by atoms with Crippen LogP contribution in [0.2, 0.25) is 0 Å². The molecule has 2 heterocycles. The van der Waals surface area contributed by atoms with E-state index in [-0.39, 0.29) is 11.3 Å². The molecule has 1 saturated carbocycles. The average Bonchev–Trinajstić information content (AvgIpc) is 2.92. The third-order valence-corrected chi connectivity index (χ3v) is 6.20. The number of hydrogen-bond acceptors (Lipinski definition) is 8. The van der Waals surface area contributed by atoms with Crippen LogP contribution in [0.1, 0.15) is 37.4 Å². The summed E-state index contributed by atoms with van der Waals surface area (Å²) in [4.78, 5) is 10.6. The van der Waals surface area contributed by atoms with Gasteiger partial charge in [0.05, 0.1) is 29.0 Å². The third-order valence-electron chi connectivity index (χ3n) is 6.20. The van der Waals surface area contributed by atoms with Gasteiger partial charge in [0.1, 0.15) is 6.10 Å². The van der Waals surface area contributed by atoms with Crippen LogP contribution < -0.4 is 0 Å². The number of nitrogens with one attached hydrogen (secondary N) is 1. The van der Waals surface area contributed by atoms with Crippen LogP contribution in [-0.4, -0.2) is 16.6 Å². The Morgan fingerprint density at radius 1 is 1.21 bits per heavy atom. The van der Waals surface area contributed by atoms with E-state index in [1.165, 1.54) is 24.3 Å². The maximum atomic E-state index is 11.2. The predicted molar refractivity (Wildman–Crippen MR) is 92.1 cm³/mol. The van der Waals surface area contributed by atoms with Gasteiger partial charge in [-0.15, -0.1) is 0 Å². The minimum absolute atomic E-state index is 0.219. The molecule has 9 heteroatoms. The van der Waals surface area contributed by atoms with E-state index in [2.05, 4.69) is 6.07 Å². The molecule has 0 amide bonds. The van der Waals surface area contributed by atoms with Gasteiger partial charge in [-0.1, -0.05) is 18.6 Å². The van der Waals surface area contributed by atoms with E-state index in [1.54, 1.807) is 0 Å². The molecule has 0 spiro atoms. The number of rotatable bonds is 2. The Hall–Kier alpha value is -3.48. The summed E-state index contributed by atoms with van der Waals surface area (Å²) in [6.07, 6.45) is 1.16. The summed E-state index contributed by atoms with van der Waals surface area (Å²) in [6.45, 7) is 0. The first-order valence-corrected chi connectivity index (χ1v) is 8.85. The molecule has 3 aliphatic rings. The molecule has 0 radical (unpaired) electrons. The van der Waals surface area contributed by atoms with Gasteiger partial charge in [0.2, 0.25) is 17.1 Å². The summed E-state index contributed by atoms with van der Waals surface area (Å²) in [6, 6.07) is 11.5. The molecule has 140 valence electrons. The van der Waals surface area contributed by atoms with Crippen molar-refractivity contribution in [3.05, 3.63) is 39.9 Å². The Kier molecular flexibility index (Phi) is 3.68. The molecule has 4 rings (SSSR count). The smallest absolute Gasteiger partial charge is 0.269 e. The molecular weight excluding hydrogens is 362 g/mol. The quantitative estimate of drug-likeness (QED) is 0.612. The lowest BCUT2D eigenvalue weighted by Crippen LogP contribution is -2.60. The largest absolute Gasteiger partial charge is 0.447 e. The van der Waals surface area contributed by atoms with E-state index in [0.717, 1.165) is 12.8 Å². The SMILES string of the molecule is N#CC1(C#N)[C@H](c2cccc([N+](=O)[O-])c2)O[C@@]23CCCC[C@H]2[C@@]1(C#N)C(=N)O3. The van der Waals surface area contributed by atoms with Crippen molar-refractivity contribution in [1.82, 2.24) is 0 Å². The van der Waals surface area contributed by atoms with E-state index in [1.807, 2.05) is 12.1 Å². The average molecular weight is 377 g/mol. The maximum Gasteiger partial charge on any atom is 0.269 e. The second kappa shape index (κ2) is 5.76. The van der Waals surface area contributed by atoms with Crippen LogP contribution in [0.25, 0.3) is 0 Å². The zero-order valence-electron chi connectivity index (χ0n) is 14.7. The minimum Gasteiger partial charge on any atom is -0.447 e. The molecule has 2 saturated heterocycles. The first-order valence-electron chi connectivity index (χ1n) is 8.85. The van der Waals surface area contributed by atoms with Gasteiger partial charge < -0.3 is 9.47 Å². The number of ether oxygens (including phenoxy) is 2. The highest BCUT2D eigenvalue weighted by atomic mass is 16.7. The number of hydrogen-bond donors (Lipinski definition) is 1. The summed E-state index contributed by atoms with van der Waals surface area (Å²) in [7, 11) is 0.